The van der Waals surface area contributed by atoms with Crippen molar-refractivity contribution in [2.45, 2.75) is 44.8 Å². The zero-order valence-electron chi connectivity index (χ0n) is 12.5. The molecule has 0 spiro atoms. The number of rotatable bonds is 1. The van der Waals surface area contributed by atoms with Gasteiger partial charge in [0.2, 0.25) is 0 Å². The lowest BCUT2D eigenvalue weighted by Crippen LogP contribution is -2.47. The van der Waals surface area contributed by atoms with Crippen molar-refractivity contribution in [1.82, 2.24) is 19.7 Å². The predicted molar refractivity (Wildman–Crippen MR) is 71.9 cm³/mol. The van der Waals surface area contributed by atoms with Crippen molar-refractivity contribution < 1.29 is 14.6 Å². The van der Waals surface area contributed by atoms with Gasteiger partial charge >= 0.3 is 6.09 Å². The Balaban J connectivity index is 1.99. The highest BCUT2D eigenvalue weighted by Gasteiger charge is 2.39. The maximum absolute atomic E-state index is 12.0. The third-order valence-corrected chi connectivity index (χ3v) is 3.37. The topological polar surface area (TPSA) is 80.5 Å². The monoisotopic (exact) mass is 282 g/mol. The zero-order valence-corrected chi connectivity index (χ0v) is 12.5. The number of carbonyl (C=O) groups excluding carboxylic acids is 1. The van der Waals surface area contributed by atoms with Crippen LogP contribution < -0.4 is 0 Å². The number of nitrogens with zero attached hydrogens (tertiary/aromatic N) is 4. The van der Waals surface area contributed by atoms with Crippen LogP contribution in [0, 0.1) is 0 Å². The Kier molecular flexibility index (Phi) is 3.73. The highest BCUT2D eigenvalue weighted by molar-refractivity contribution is 5.68. The number of hydrogen-bond donors (Lipinski definition) is 1. The van der Waals surface area contributed by atoms with Crippen LogP contribution in [0.2, 0.25) is 0 Å². The van der Waals surface area contributed by atoms with Gasteiger partial charge in [-0.3, -0.25) is 4.68 Å². The van der Waals surface area contributed by atoms with E-state index in [-0.39, 0.29) is 6.09 Å². The molecule has 1 aromatic rings. The second-order valence-corrected chi connectivity index (χ2v) is 6.21. The van der Waals surface area contributed by atoms with Gasteiger partial charge in [0, 0.05) is 33.0 Å². The van der Waals surface area contributed by atoms with E-state index in [1.807, 2.05) is 20.8 Å². The Morgan fingerprint density at radius 3 is 2.45 bits per heavy atom. The summed E-state index contributed by atoms with van der Waals surface area (Å²) < 4.78 is 6.90. The molecule has 1 aromatic heterocycles. The average molecular weight is 282 g/mol. The number of hydrogen-bond acceptors (Lipinski definition) is 5. The summed E-state index contributed by atoms with van der Waals surface area (Å²) in [5.41, 5.74) is -1.53. The van der Waals surface area contributed by atoms with Gasteiger partial charge in [0.25, 0.3) is 0 Å². The lowest BCUT2D eigenvalue weighted by Gasteiger charge is -2.37. The van der Waals surface area contributed by atoms with Crippen LogP contribution in [-0.4, -0.2) is 49.6 Å². The Bertz CT molecular complexity index is 484. The van der Waals surface area contributed by atoms with Crippen molar-refractivity contribution in [3.63, 3.8) is 0 Å². The molecule has 1 N–H and O–H groups in total. The van der Waals surface area contributed by atoms with Gasteiger partial charge in [-0.2, -0.15) is 5.10 Å². The van der Waals surface area contributed by atoms with E-state index in [4.69, 9.17) is 4.74 Å². The maximum Gasteiger partial charge on any atom is 0.410 e. The molecule has 1 saturated heterocycles. The Hall–Kier alpha value is -1.63. The Labute approximate surface area is 118 Å². The summed E-state index contributed by atoms with van der Waals surface area (Å²) >= 11 is 0. The number of aryl methyl sites for hydroxylation is 1. The summed E-state index contributed by atoms with van der Waals surface area (Å²) in [4.78, 5) is 17.7. The van der Waals surface area contributed by atoms with Gasteiger partial charge in [0.05, 0.1) is 0 Å². The highest BCUT2D eigenvalue weighted by Crippen LogP contribution is 2.31. The number of ether oxygens (including phenoxy) is 1. The molecule has 0 bridgehead atoms. The molecule has 0 aromatic carbocycles. The molecule has 0 unspecified atom stereocenters. The smallest absolute Gasteiger partial charge is 0.410 e. The SMILES string of the molecule is Cn1ncnc1C1(O)CCN(C(=O)OC(C)(C)C)CC1. The van der Waals surface area contributed by atoms with Crippen LogP contribution in [0.4, 0.5) is 4.79 Å². The Morgan fingerprint density at radius 1 is 1.40 bits per heavy atom. The molecular weight excluding hydrogens is 260 g/mol. The van der Waals surface area contributed by atoms with E-state index in [0.717, 1.165) is 0 Å². The third-order valence-electron chi connectivity index (χ3n) is 3.37. The van der Waals surface area contributed by atoms with E-state index in [0.29, 0.717) is 31.8 Å². The molecule has 0 aliphatic carbocycles. The van der Waals surface area contributed by atoms with Crippen molar-refractivity contribution in [3.8, 4) is 0 Å². The van der Waals surface area contributed by atoms with Gasteiger partial charge in [0.1, 0.15) is 17.5 Å². The summed E-state index contributed by atoms with van der Waals surface area (Å²) in [5.74, 6) is 0.543. The van der Waals surface area contributed by atoms with Crippen LogP contribution in [0.25, 0.3) is 0 Å². The highest BCUT2D eigenvalue weighted by atomic mass is 16.6. The number of aliphatic hydroxyl groups is 1. The minimum Gasteiger partial charge on any atom is -0.444 e. The van der Waals surface area contributed by atoms with Gasteiger partial charge in [-0.15, -0.1) is 0 Å². The second kappa shape index (κ2) is 5.05. The predicted octanol–water partition coefficient (Wildman–Crippen LogP) is 1.03. The molecule has 1 amide bonds. The van der Waals surface area contributed by atoms with Crippen molar-refractivity contribution in [1.29, 1.82) is 0 Å². The molecule has 1 fully saturated rings. The van der Waals surface area contributed by atoms with Crippen LogP contribution in [0.1, 0.15) is 39.4 Å². The quantitative estimate of drug-likeness (QED) is 0.832. The van der Waals surface area contributed by atoms with Gasteiger partial charge < -0.3 is 14.7 Å². The van der Waals surface area contributed by atoms with E-state index < -0.39 is 11.2 Å². The van der Waals surface area contributed by atoms with E-state index in [9.17, 15) is 9.90 Å². The lowest BCUT2D eigenvalue weighted by atomic mass is 9.90. The number of piperidine rings is 1. The first kappa shape index (κ1) is 14.8. The van der Waals surface area contributed by atoms with Crippen LogP contribution in [-0.2, 0) is 17.4 Å². The molecule has 2 rings (SSSR count). The number of likely N-dealkylation sites (tertiary alicyclic amines) is 1. The third kappa shape index (κ3) is 3.09. The van der Waals surface area contributed by atoms with Crippen LogP contribution in [0.3, 0.4) is 0 Å². The molecule has 7 heteroatoms. The first-order valence-electron chi connectivity index (χ1n) is 6.76. The second-order valence-electron chi connectivity index (χ2n) is 6.21. The minimum absolute atomic E-state index is 0.336. The standard InChI is InChI=1S/C13H22N4O3/c1-12(2,3)20-11(18)17-7-5-13(19,6-8-17)10-14-9-15-16(10)4/h9,19H,5-8H2,1-4H3. The summed E-state index contributed by atoms with van der Waals surface area (Å²) in [6, 6.07) is 0. The fraction of sp³-hybridized carbons (Fsp3) is 0.769. The summed E-state index contributed by atoms with van der Waals surface area (Å²) in [6.45, 7) is 6.40. The molecule has 7 nitrogen and oxygen atoms in total. The fourth-order valence-corrected chi connectivity index (χ4v) is 2.33. The first-order valence-corrected chi connectivity index (χ1v) is 6.76. The van der Waals surface area contributed by atoms with Gasteiger partial charge in [0.15, 0.2) is 5.82 Å². The van der Waals surface area contributed by atoms with Gasteiger partial charge in [-0.05, 0) is 20.8 Å². The van der Waals surface area contributed by atoms with Crippen molar-refractivity contribution in [3.05, 3.63) is 12.2 Å². The molecule has 112 valence electrons. The van der Waals surface area contributed by atoms with E-state index in [1.165, 1.54) is 6.33 Å². The lowest BCUT2D eigenvalue weighted by molar-refractivity contribution is -0.0428. The molecular formula is C13H22N4O3. The number of carbonyl (C=O) groups is 1. The zero-order chi connectivity index (χ0) is 15.0. The van der Waals surface area contributed by atoms with E-state index in [1.54, 1.807) is 16.6 Å². The largest absolute Gasteiger partial charge is 0.444 e. The summed E-state index contributed by atoms with van der Waals surface area (Å²) in [6.07, 6.45) is 1.95. The first-order chi connectivity index (χ1) is 9.21. The van der Waals surface area contributed by atoms with Crippen molar-refractivity contribution in [2.24, 2.45) is 7.05 Å². The average Bonchev–Trinajstić information content (AvgIpc) is 2.74. The summed E-state index contributed by atoms with van der Waals surface area (Å²) in [5, 5.41) is 14.6. The molecule has 1 aliphatic heterocycles. The van der Waals surface area contributed by atoms with Gasteiger partial charge in [-0.25, -0.2) is 9.78 Å². The van der Waals surface area contributed by atoms with Crippen LogP contribution >= 0.6 is 0 Å². The molecule has 20 heavy (non-hydrogen) atoms. The minimum atomic E-state index is -1.02. The molecule has 1 aliphatic rings. The molecule has 0 saturated carbocycles. The van der Waals surface area contributed by atoms with Gasteiger partial charge in [-0.1, -0.05) is 0 Å². The molecule has 0 radical (unpaired) electrons. The molecule has 2 heterocycles. The molecule has 0 atom stereocenters. The van der Waals surface area contributed by atoms with E-state index in [2.05, 4.69) is 10.1 Å². The number of aromatic nitrogens is 3. The van der Waals surface area contributed by atoms with Crippen molar-refractivity contribution >= 4 is 6.09 Å². The normalized spacial score (nSPS) is 18.9. The van der Waals surface area contributed by atoms with Crippen molar-refractivity contribution in [2.75, 3.05) is 13.1 Å². The summed E-state index contributed by atoms with van der Waals surface area (Å²) in [7, 11) is 1.75. The Morgan fingerprint density at radius 2 is 2.00 bits per heavy atom. The number of amides is 1. The van der Waals surface area contributed by atoms with Crippen LogP contribution in [0.5, 0.6) is 0 Å². The van der Waals surface area contributed by atoms with Crippen LogP contribution in [0.15, 0.2) is 6.33 Å². The maximum atomic E-state index is 12.0. The fourth-order valence-electron chi connectivity index (χ4n) is 2.33. The van der Waals surface area contributed by atoms with E-state index >= 15 is 0 Å².